The molecule has 2 aromatic rings. The Morgan fingerprint density at radius 3 is 2.80 bits per heavy atom. The Morgan fingerprint density at radius 2 is 2.27 bits per heavy atom. The van der Waals surface area contributed by atoms with Gasteiger partial charge in [-0.05, 0) is 13.8 Å². The number of aromatic nitrogens is 3. The maximum Gasteiger partial charge on any atom is 0.186 e. The third-order valence-electron chi connectivity index (χ3n) is 1.81. The van der Waals surface area contributed by atoms with Crippen molar-refractivity contribution >= 4 is 40.5 Å². The standard InChI is InChI=1S/C8H9ClN4S2/c1-4-3-10-8(14-4)5(2)11-7-6(9)12-15-13-7/h3,5H,1-2H3,(H,11,13). The summed E-state index contributed by atoms with van der Waals surface area (Å²) in [6, 6.07) is 0.102. The van der Waals surface area contributed by atoms with Crippen LogP contribution in [0.2, 0.25) is 5.15 Å². The molecule has 2 heterocycles. The third-order valence-corrected chi connectivity index (χ3v) is 3.80. The van der Waals surface area contributed by atoms with Gasteiger partial charge in [0.05, 0.1) is 17.8 Å². The number of thiazole rings is 1. The largest absolute Gasteiger partial charge is 0.358 e. The summed E-state index contributed by atoms with van der Waals surface area (Å²) in [6.45, 7) is 4.05. The molecule has 0 amide bonds. The molecule has 4 nitrogen and oxygen atoms in total. The fraction of sp³-hybridized carbons (Fsp3) is 0.375. The summed E-state index contributed by atoms with van der Waals surface area (Å²) >= 11 is 8.59. The Labute approximate surface area is 101 Å². The van der Waals surface area contributed by atoms with Crippen molar-refractivity contribution < 1.29 is 0 Å². The minimum atomic E-state index is 0.102. The fourth-order valence-electron chi connectivity index (χ4n) is 1.10. The Bertz CT molecular complexity index is 453. The smallest absolute Gasteiger partial charge is 0.186 e. The predicted octanol–water partition coefficient (Wildman–Crippen LogP) is 3.13. The second kappa shape index (κ2) is 4.42. The van der Waals surface area contributed by atoms with Crippen LogP contribution in [-0.4, -0.2) is 13.7 Å². The van der Waals surface area contributed by atoms with E-state index < -0.39 is 0 Å². The monoisotopic (exact) mass is 260 g/mol. The Morgan fingerprint density at radius 1 is 1.47 bits per heavy atom. The van der Waals surface area contributed by atoms with Crippen molar-refractivity contribution in [2.24, 2.45) is 0 Å². The quantitative estimate of drug-likeness (QED) is 0.921. The van der Waals surface area contributed by atoms with Gasteiger partial charge in [0, 0.05) is 11.1 Å². The van der Waals surface area contributed by atoms with Gasteiger partial charge in [0.1, 0.15) is 5.01 Å². The first-order valence-electron chi connectivity index (χ1n) is 4.33. The van der Waals surface area contributed by atoms with Crippen molar-refractivity contribution in [3.8, 4) is 0 Å². The first-order valence-corrected chi connectivity index (χ1v) is 6.26. The van der Waals surface area contributed by atoms with Crippen LogP contribution in [0.4, 0.5) is 5.82 Å². The van der Waals surface area contributed by atoms with Gasteiger partial charge >= 0.3 is 0 Å². The number of hydrogen-bond acceptors (Lipinski definition) is 6. The highest BCUT2D eigenvalue weighted by molar-refractivity contribution is 7.11. The molecule has 0 saturated heterocycles. The molecule has 2 rings (SSSR count). The topological polar surface area (TPSA) is 50.7 Å². The summed E-state index contributed by atoms with van der Waals surface area (Å²) in [5.41, 5.74) is 0. The van der Waals surface area contributed by atoms with Crippen LogP contribution >= 0.6 is 34.7 Å². The molecule has 1 unspecified atom stereocenters. The van der Waals surface area contributed by atoms with Crippen LogP contribution in [0.25, 0.3) is 0 Å². The van der Waals surface area contributed by atoms with E-state index in [1.165, 1.54) is 4.88 Å². The van der Waals surface area contributed by atoms with E-state index in [0.717, 1.165) is 16.7 Å². The fourth-order valence-corrected chi connectivity index (χ4v) is 2.54. The highest BCUT2D eigenvalue weighted by atomic mass is 35.5. The summed E-state index contributed by atoms with van der Waals surface area (Å²) in [4.78, 5) is 5.49. The van der Waals surface area contributed by atoms with E-state index in [1.54, 1.807) is 11.3 Å². The van der Waals surface area contributed by atoms with Crippen LogP contribution < -0.4 is 5.32 Å². The average Bonchev–Trinajstić information content (AvgIpc) is 2.77. The molecule has 0 fully saturated rings. The molecule has 0 spiro atoms. The SMILES string of the molecule is Cc1cnc(C(C)Nc2nsnc2Cl)s1. The number of hydrogen-bond donors (Lipinski definition) is 1. The van der Waals surface area contributed by atoms with Crippen molar-refractivity contribution in [3.63, 3.8) is 0 Å². The Balaban J connectivity index is 2.10. The summed E-state index contributed by atoms with van der Waals surface area (Å²) in [5, 5.41) is 4.61. The van der Waals surface area contributed by atoms with E-state index in [4.69, 9.17) is 11.6 Å². The van der Waals surface area contributed by atoms with Crippen LogP contribution in [0.5, 0.6) is 0 Å². The maximum absolute atomic E-state index is 5.83. The van der Waals surface area contributed by atoms with Crippen LogP contribution in [0.15, 0.2) is 6.20 Å². The lowest BCUT2D eigenvalue weighted by molar-refractivity contribution is 0.864. The molecule has 80 valence electrons. The van der Waals surface area contributed by atoms with Gasteiger partial charge in [-0.3, -0.25) is 0 Å². The zero-order valence-corrected chi connectivity index (χ0v) is 10.6. The number of rotatable bonds is 3. The molecule has 1 N–H and O–H groups in total. The van der Waals surface area contributed by atoms with E-state index in [-0.39, 0.29) is 6.04 Å². The third kappa shape index (κ3) is 2.45. The molecular weight excluding hydrogens is 252 g/mol. The molecular formula is C8H9ClN4S2. The van der Waals surface area contributed by atoms with Gasteiger partial charge in [0.15, 0.2) is 11.0 Å². The van der Waals surface area contributed by atoms with E-state index in [0.29, 0.717) is 11.0 Å². The van der Waals surface area contributed by atoms with Gasteiger partial charge < -0.3 is 5.32 Å². The molecule has 0 radical (unpaired) electrons. The Kier molecular flexibility index (Phi) is 3.18. The molecule has 0 aliphatic carbocycles. The summed E-state index contributed by atoms with van der Waals surface area (Å²) in [7, 11) is 0. The minimum Gasteiger partial charge on any atom is -0.358 e. The van der Waals surface area contributed by atoms with Gasteiger partial charge in [-0.15, -0.1) is 11.3 Å². The zero-order valence-electron chi connectivity index (χ0n) is 8.19. The molecule has 7 heteroatoms. The van der Waals surface area contributed by atoms with Crippen LogP contribution in [0.1, 0.15) is 22.9 Å². The van der Waals surface area contributed by atoms with Gasteiger partial charge in [0.2, 0.25) is 0 Å². The maximum atomic E-state index is 5.83. The molecule has 2 aromatic heterocycles. The van der Waals surface area contributed by atoms with Crippen molar-refractivity contribution in [1.29, 1.82) is 0 Å². The van der Waals surface area contributed by atoms with Gasteiger partial charge in [0.25, 0.3) is 0 Å². The van der Waals surface area contributed by atoms with Crippen LogP contribution in [-0.2, 0) is 0 Å². The van der Waals surface area contributed by atoms with Crippen molar-refractivity contribution in [1.82, 2.24) is 13.7 Å². The second-order valence-electron chi connectivity index (χ2n) is 3.08. The van der Waals surface area contributed by atoms with Crippen LogP contribution in [0, 0.1) is 6.92 Å². The molecule has 15 heavy (non-hydrogen) atoms. The van der Waals surface area contributed by atoms with Crippen molar-refractivity contribution in [2.75, 3.05) is 5.32 Å². The zero-order chi connectivity index (χ0) is 10.8. The number of nitrogens with zero attached hydrogens (tertiary/aromatic N) is 3. The van der Waals surface area contributed by atoms with E-state index in [1.807, 2.05) is 20.0 Å². The first kappa shape index (κ1) is 10.8. The molecule has 0 aliphatic heterocycles. The highest BCUT2D eigenvalue weighted by Crippen LogP contribution is 2.26. The molecule has 0 saturated carbocycles. The van der Waals surface area contributed by atoms with Gasteiger partial charge in [-0.1, -0.05) is 11.6 Å². The van der Waals surface area contributed by atoms with Crippen LogP contribution in [0.3, 0.4) is 0 Å². The Hall–Kier alpha value is -0.720. The number of halogens is 1. The number of nitrogens with one attached hydrogen (secondary N) is 1. The van der Waals surface area contributed by atoms with Gasteiger partial charge in [-0.2, -0.15) is 8.75 Å². The van der Waals surface area contributed by atoms with E-state index >= 15 is 0 Å². The molecule has 0 aliphatic rings. The lowest BCUT2D eigenvalue weighted by Gasteiger charge is -2.09. The highest BCUT2D eigenvalue weighted by Gasteiger charge is 2.13. The second-order valence-corrected chi connectivity index (χ2v) is 5.23. The molecule has 0 bridgehead atoms. The summed E-state index contributed by atoms with van der Waals surface area (Å²) in [5.74, 6) is 0.627. The first-order chi connectivity index (χ1) is 7.16. The lowest BCUT2D eigenvalue weighted by atomic mass is 10.3. The summed E-state index contributed by atoms with van der Waals surface area (Å²) < 4.78 is 7.94. The summed E-state index contributed by atoms with van der Waals surface area (Å²) in [6.07, 6.45) is 1.86. The number of anilines is 1. The average molecular weight is 261 g/mol. The lowest BCUT2D eigenvalue weighted by Crippen LogP contribution is -2.06. The normalized spacial score (nSPS) is 12.7. The predicted molar refractivity (Wildman–Crippen MR) is 63.8 cm³/mol. The van der Waals surface area contributed by atoms with E-state index in [9.17, 15) is 0 Å². The van der Waals surface area contributed by atoms with Crippen molar-refractivity contribution in [3.05, 3.63) is 21.2 Å². The molecule has 1 atom stereocenters. The minimum absolute atomic E-state index is 0.102. The van der Waals surface area contributed by atoms with Crippen molar-refractivity contribution in [2.45, 2.75) is 19.9 Å². The molecule has 0 aromatic carbocycles. The number of aryl methyl sites for hydroxylation is 1. The van der Waals surface area contributed by atoms with Gasteiger partial charge in [-0.25, -0.2) is 4.98 Å². The van der Waals surface area contributed by atoms with E-state index in [2.05, 4.69) is 19.0 Å².